The highest BCUT2D eigenvalue weighted by molar-refractivity contribution is 9.10. The molecule has 2 aromatic heterocycles. The summed E-state index contributed by atoms with van der Waals surface area (Å²) in [6, 6.07) is 23.1. The third-order valence-corrected chi connectivity index (χ3v) is 6.33. The van der Waals surface area contributed by atoms with Crippen molar-refractivity contribution in [3.63, 3.8) is 0 Å². The van der Waals surface area contributed by atoms with Crippen LogP contribution in [0.2, 0.25) is 0 Å². The Balaban J connectivity index is 1.61. The summed E-state index contributed by atoms with van der Waals surface area (Å²) < 4.78 is 7.19. The summed E-state index contributed by atoms with van der Waals surface area (Å²) in [6.45, 7) is 0. The van der Waals surface area contributed by atoms with Gasteiger partial charge in [-0.3, -0.25) is 15.1 Å². The summed E-state index contributed by atoms with van der Waals surface area (Å²) in [6.07, 6.45) is 1.74. The number of pyridine rings is 1. The minimum absolute atomic E-state index is 0.00971. The number of hydrogen-bond acceptors (Lipinski definition) is 5. The van der Waals surface area contributed by atoms with E-state index in [-0.39, 0.29) is 17.8 Å². The number of anilines is 1. The van der Waals surface area contributed by atoms with Crippen LogP contribution in [0.1, 0.15) is 23.5 Å². The fourth-order valence-electron chi connectivity index (χ4n) is 4.02. The summed E-state index contributed by atoms with van der Waals surface area (Å²) in [5, 5.41) is 15.4. The van der Waals surface area contributed by atoms with E-state index >= 15 is 0 Å². The topological polar surface area (TPSA) is 84.4 Å². The van der Waals surface area contributed by atoms with Crippen LogP contribution in [0.15, 0.2) is 93.9 Å². The maximum Gasteiger partial charge on any atom is 0.280 e. The predicted octanol–water partition coefficient (Wildman–Crippen LogP) is 6.19. The standard InChI is InChI=1S/C24H17BrN4O3S/c25-15-8-10-16(11-9-15)28-23(22(27-24(28)33)18-6-3-4-14-26-18)21-13-12-20(32-21)17-5-1-2-7-19(17)29(30)31/h1-14,22-23H,(H,27,33)/t22-,23-/m0/s1. The molecule has 0 amide bonds. The minimum atomic E-state index is -0.408. The van der Waals surface area contributed by atoms with Gasteiger partial charge in [0.15, 0.2) is 5.11 Å². The molecule has 1 saturated heterocycles. The molecule has 33 heavy (non-hydrogen) atoms. The van der Waals surface area contributed by atoms with Crippen molar-refractivity contribution in [2.75, 3.05) is 4.90 Å². The molecular weight excluding hydrogens is 504 g/mol. The second-order valence-electron chi connectivity index (χ2n) is 7.45. The molecule has 164 valence electrons. The Morgan fingerprint density at radius 2 is 1.79 bits per heavy atom. The van der Waals surface area contributed by atoms with Crippen molar-refractivity contribution in [3.8, 4) is 11.3 Å². The number of furan rings is 1. The SMILES string of the molecule is O=[N+]([O-])c1ccccc1-c1ccc([C@H]2[C@H](c3ccccn3)NC(=S)N2c2ccc(Br)cc2)o1. The maximum atomic E-state index is 11.5. The molecule has 2 atom stereocenters. The van der Waals surface area contributed by atoms with Gasteiger partial charge in [0, 0.05) is 22.4 Å². The molecule has 0 unspecified atom stereocenters. The Labute approximate surface area is 203 Å². The highest BCUT2D eigenvalue weighted by Crippen LogP contribution is 2.43. The van der Waals surface area contributed by atoms with Crippen LogP contribution in [-0.4, -0.2) is 15.0 Å². The van der Waals surface area contributed by atoms with Crippen molar-refractivity contribution in [2.24, 2.45) is 0 Å². The molecule has 2 aromatic carbocycles. The van der Waals surface area contributed by atoms with Crippen molar-refractivity contribution in [2.45, 2.75) is 12.1 Å². The maximum absolute atomic E-state index is 11.5. The zero-order valence-electron chi connectivity index (χ0n) is 17.1. The first-order valence-corrected chi connectivity index (χ1v) is 11.3. The van der Waals surface area contributed by atoms with Crippen LogP contribution < -0.4 is 10.2 Å². The summed E-state index contributed by atoms with van der Waals surface area (Å²) >= 11 is 9.18. The summed E-state index contributed by atoms with van der Waals surface area (Å²) in [7, 11) is 0. The number of halogens is 1. The number of aromatic nitrogens is 1. The van der Waals surface area contributed by atoms with E-state index < -0.39 is 4.92 Å². The normalized spacial score (nSPS) is 17.7. The number of nitrogens with one attached hydrogen (secondary N) is 1. The Bertz CT molecular complexity index is 1330. The van der Waals surface area contributed by atoms with Crippen LogP contribution in [-0.2, 0) is 0 Å². The molecule has 1 aliphatic rings. The number of nitrogens with zero attached hydrogens (tertiary/aromatic N) is 3. The fourth-order valence-corrected chi connectivity index (χ4v) is 4.63. The van der Waals surface area contributed by atoms with Crippen molar-refractivity contribution in [1.82, 2.24) is 10.3 Å². The number of hydrogen-bond donors (Lipinski definition) is 1. The lowest BCUT2D eigenvalue weighted by Gasteiger charge is -2.26. The van der Waals surface area contributed by atoms with Crippen LogP contribution in [0, 0.1) is 10.1 Å². The van der Waals surface area contributed by atoms with Gasteiger partial charge >= 0.3 is 0 Å². The second kappa shape index (κ2) is 8.76. The molecule has 9 heteroatoms. The molecule has 4 aromatic rings. The van der Waals surface area contributed by atoms with E-state index in [0.29, 0.717) is 22.2 Å². The summed E-state index contributed by atoms with van der Waals surface area (Å²) in [4.78, 5) is 17.6. The highest BCUT2D eigenvalue weighted by atomic mass is 79.9. The molecule has 0 saturated carbocycles. The monoisotopic (exact) mass is 520 g/mol. The quantitative estimate of drug-likeness (QED) is 0.191. The van der Waals surface area contributed by atoms with Crippen LogP contribution in [0.3, 0.4) is 0 Å². The smallest absolute Gasteiger partial charge is 0.280 e. The van der Waals surface area contributed by atoms with Crippen molar-refractivity contribution >= 4 is 44.6 Å². The molecular formula is C24H17BrN4O3S. The van der Waals surface area contributed by atoms with Gasteiger partial charge in [0.25, 0.3) is 5.69 Å². The minimum Gasteiger partial charge on any atom is -0.459 e. The third-order valence-electron chi connectivity index (χ3n) is 5.49. The van der Waals surface area contributed by atoms with Gasteiger partial charge in [-0.05, 0) is 66.8 Å². The average molecular weight is 521 g/mol. The molecule has 1 N–H and O–H groups in total. The van der Waals surface area contributed by atoms with Gasteiger partial charge in [0.1, 0.15) is 17.6 Å². The Morgan fingerprint density at radius 1 is 1.03 bits per heavy atom. The number of benzene rings is 2. The number of para-hydroxylation sites is 1. The molecule has 7 nitrogen and oxygen atoms in total. The van der Waals surface area contributed by atoms with E-state index in [0.717, 1.165) is 15.9 Å². The largest absolute Gasteiger partial charge is 0.459 e. The van der Waals surface area contributed by atoms with Gasteiger partial charge in [0.2, 0.25) is 0 Å². The van der Waals surface area contributed by atoms with E-state index in [2.05, 4.69) is 26.2 Å². The first-order chi connectivity index (χ1) is 16.0. The molecule has 5 rings (SSSR count). The average Bonchev–Trinajstić information content (AvgIpc) is 3.45. The molecule has 1 fully saturated rings. The van der Waals surface area contributed by atoms with Gasteiger partial charge in [-0.15, -0.1) is 0 Å². The number of nitro benzene ring substituents is 1. The van der Waals surface area contributed by atoms with Crippen LogP contribution in [0.5, 0.6) is 0 Å². The predicted molar refractivity (Wildman–Crippen MR) is 133 cm³/mol. The van der Waals surface area contributed by atoms with Gasteiger partial charge in [-0.25, -0.2) is 0 Å². The molecule has 0 aliphatic carbocycles. The van der Waals surface area contributed by atoms with Gasteiger partial charge in [-0.1, -0.05) is 34.1 Å². The van der Waals surface area contributed by atoms with Crippen LogP contribution in [0.25, 0.3) is 11.3 Å². The van der Waals surface area contributed by atoms with Crippen molar-refractivity contribution in [1.29, 1.82) is 0 Å². The van der Waals surface area contributed by atoms with Crippen molar-refractivity contribution < 1.29 is 9.34 Å². The fraction of sp³-hybridized carbons (Fsp3) is 0.0833. The van der Waals surface area contributed by atoms with Gasteiger partial charge in [0.05, 0.1) is 22.2 Å². The van der Waals surface area contributed by atoms with E-state index in [1.165, 1.54) is 6.07 Å². The van der Waals surface area contributed by atoms with E-state index in [9.17, 15) is 10.1 Å². The van der Waals surface area contributed by atoms with E-state index in [1.54, 1.807) is 30.5 Å². The number of thiocarbonyl (C=S) groups is 1. The first-order valence-electron chi connectivity index (χ1n) is 10.1. The Hall–Kier alpha value is -3.56. The Kier molecular flexibility index (Phi) is 5.65. The highest BCUT2D eigenvalue weighted by Gasteiger charge is 2.42. The molecule has 0 bridgehead atoms. The van der Waals surface area contributed by atoms with Gasteiger partial charge < -0.3 is 14.6 Å². The van der Waals surface area contributed by atoms with E-state index in [1.807, 2.05) is 53.4 Å². The van der Waals surface area contributed by atoms with Crippen molar-refractivity contribution in [3.05, 3.63) is 111 Å². The van der Waals surface area contributed by atoms with Gasteiger partial charge in [-0.2, -0.15) is 0 Å². The zero-order chi connectivity index (χ0) is 22.9. The van der Waals surface area contributed by atoms with E-state index in [4.69, 9.17) is 16.6 Å². The lowest BCUT2D eigenvalue weighted by Crippen LogP contribution is -2.29. The zero-order valence-corrected chi connectivity index (χ0v) is 19.5. The third kappa shape index (κ3) is 4.01. The molecule has 0 spiro atoms. The summed E-state index contributed by atoms with van der Waals surface area (Å²) in [5.74, 6) is 1.04. The summed E-state index contributed by atoms with van der Waals surface area (Å²) in [5.41, 5.74) is 2.12. The number of nitro groups is 1. The molecule has 3 heterocycles. The van der Waals surface area contributed by atoms with Crippen LogP contribution in [0.4, 0.5) is 11.4 Å². The lowest BCUT2D eigenvalue weighted by atomic mass is 10.0. The number of rotatable bonds is 5. The Morgan fingerprint density at radius 3 is 2.52 bits per heavy atom. The molecule has 0 radical (unpaired) electrons. The van der Waals surface area contributed by atoms with Crippen LogP contribution >= 0.6 is 28.1 Å². The lowest BCUT2D eigenvalue weighted by molar-refractivity contribution is -0.384. The first kappa shape index (κ1) is 21.3. The second-order valence-corrected chi connectivity index (χ2v) is 8.75. The molecule has 1 aliphatic heterocycles.